The number of aliphatic carboxylic acids is 1. The zero-order valence-electron chi connectivity index (χ0n) is 16.6. The average molecular weight is 417 g/mol. The van der Waals surface area contributed by atoms with Crippen molar-refractivity contribution >= 4 is 41.1 Å². The topological polar surface area (TPSA) is 111 Å². The van der Waals surface area contributed by atoms with E-state index in [0.717, 1.165) is 16.3 Å². The van der Waals surface area contributed by atoms with Gasteiger partial charge in [-0.15, -0.1) is 11.3 Å². The molecular formula is C20H23N3O5S. The SMILES string of the molecule is CC(C)c1csc(/C=C/c2cncc(NC(=O)[C@H]3OC(C)(C)O[C@@H]3C(=O)O)c2)n1. The lowest BCUT2D eigenvalue weighted by molar-refractivity contribution is -0.166. The lowest BCUT2D eigenvalue weighted by atomic mass is 10.2. The van der Waals surface area contributed by atoms with Crippen LogP contribution in [-0.2, 0) is 19.1 Å². The number of carboxylic acid groups (broad SMARTS) is 1. The van der Waals surface area contributed by atoms with Gasteiger partial charge in [-0.2, -0.15) is 0 Å². The van der Waals surface area contributed by atoms with Crippen LogP contribution in [0, 0.1) is 0 Å². The zero-order valence-corrected chi connectivity index (χ0v) is 17.4. The van der Waals surface area contributed by atoms with E-state index in [2.05, 4.69) is 29.1 Å². The Bertz CT molecular complexity index is 938. The Kier molecular flexibility index (Phi) is 6.11. The van der Waals surface area contributed by atoms with Crippen molar-refractivity contribution in [1.82, 2.24) is 9.97 Å². The zero-order chi connectivity index (χ0) is 21.2. The Morgan fingerprint density at radius 2 is 1.97 bits per heavy atom. The highest BCUT2D eigenvalue weighted by Crippen LogP contribution is 2.29. The fraction of sp³-hybridized carbons (Fsp3) is 0.400. The Labute approximate surface area is 172 Å². The van der Waals surface area contributed by atoms with Crippen LogP contribution in [0.25, 0.3) is 12.2 Å². The van der Waals surface area contributed by atoms with Gasteiger partial charge in [-0.3, -0.25) is 9.78 Å². The van der Waals surface area contributed by atoms with E-state index < -0.39 is 29.9 Å². The number of carbonyl (C=O) groups is 2. The second kappa shape index (κ2) is 8.40. The van der Waals surface area contributed by atoms with Crippen molar-refractivity contribution in [2.45, 2.75) is 51.6 Å². The van der Waals surface area contributed by atoms with Crippen LogP contribution in [-0.4, -0.2) is 44.9 Å². The van der Waals surface area contributed by atoms with Gasteiger partial charge in [0.15, 0.2) is 18.0 Å². The molecule has 3 heterocycles. The molecule has 1 aliphatic rings. The van der Waals surface area contributed by atoms with Crippen LogP contribution < -0.4 is 5.32 Å². The van der Waals surface area contributed by atoms with Crippen molar-refractivity contribution < 1.29 is 24.2 Å². The smallest absolute Gasteiger partial charge is 0.336 e. The van der Waals surface area contributed by atoms with Crippen LogP contribution in [0.5, 0.6) is 0 Å². The molecule has 0 aliphatic carbocycles. The number of aromatic nitrogens is 2. The molecule has 0 saturated carbocycles. The molecule has 9 heteroatoms. The van der Waals surface area contributed by atoms with Crippen molar-refractivity contribution in [1.29, 1.82) is 0 Å². The van der Waals surface area contributed by atoms with Crippen molar-refractivity contribution in [3.05, 3.63) is 40.1 Å². The standard InChI is InChI=1S/C20H23N3O5S/c1-11(2)14-10-29-15(23-14)6-5-12-7-13(9-21-8-12)22-18(24)16-17(19(25)26)28-20(3,4)27-16/h5-11,16-17H,1-4H3,(H,22,24)(H,25,26)/b6-5+/t16-,17-/m0/s1. The van der Waals surface area contributed by atoms with Gasteiger partial charge >= 0.3 is 5.97 Å². The molecule has 1 amide bonds. The van der Waals surface area contributed by atoms with Crippen molar-refractivity contribution in [3.8, 4) is 0 Å². The van der Waals surface area contributed by atoms with E-state index >= 15 is 0 Å². The fourth-order valence-electron chi connectivity index (χ4n) is 2.77. The van der Waals surface area contributed by atoms with E-state index in [9.17, 15) is 14.7 Å². The summed E-state index contributed by atoms with van der Waals surface area (Å²) in [6, 6.07) is 1.73. The molecule has 2 aromatic heterocycles. The Morgan fingerprint density at radius 3 is 2.62 bits per heavy atom. The number of nitrogens with zero attached hydrogens (tertiary/aromatic N) is 2. The first-order valence-electron chi connectivity index (χ1n) is 9.12. The molecule has 2 atom stereocenters. The summed E-state index contributed by atoms with van der Waals surface area (Å²) >= 11 is 1.56. The highest BCUT2D eigenvalue weighted by molar-refractivity contribution is 7.10. The van der Waals surface area contributed by atoms with E-state index in [4.69, 9.17) is 9.47 Å². The molecule has 0 aromatic carbocycles. The number of rotatable bonds is 6. The highest BCUT2D eigenvalue weighted by Gasteiger charge is 2.49. The number of ether oxygens (including phenoxy) is 2. The summed E-state index contributed by atoms with van der Waals surface area (Å²) in [4.78, 5) is 32.6. The number of anilines is 1. The summed E-state index contributed by atoms with van der Waals surface area (Å²) in [6.07, 6.45) is 4.24. The van der Waals surface area contributed by atoms with Gasteiger partial charge < -0.3 is 19.9 Å². The van der Waals surface area contributed by atoms with Gasteiger partial charge in [0.05, 0.1) is 17.6 Å². The fourth-order valence-corrected chi connectivity index (χ4v) is 3.65. The molecule has 8 nitrogen and oxygen atoms in total. The Morgan fingerprint density at radius 1 is 1.24 bits per heavy atom. The number of nitrogens with one attached hydrogen (secondary N) is 1. The second-order valence-corrected chi connectivity index (χ2v) is 8.30. The first-order valence-corrected chi connectivity index (χ1v) is 10.0. The van der Waals surface area contributed by atoms with Gasteiger partial charge in [0.2, 0.25) is 0 Å². The first-order chi connectivity index (χ1) is 13.6. The molecule has 1 aliphatic heterocycles. The number of hydrogen-bond acceptors (Lipinski definition) is 7. The summed E-state index contributed by atoms with van der Waals surface area (Å²) in [7, 11) is 0. The largest absolute Gasteiger partial charge is 0.479 e. The van der Waals surface area contributed by atoms with Crippen LogP contribution >= 0.6 is 11.3 Å². The summed E-state index contributed by atoms with van der Waals surface area (Å²) < 4.78 is 10.8. The third-order valence-corrected chi connectivity index (χ3v) is 5.00. The molecule has 154 valence electrons. The molecule has 0 bridgehead atoms. The van der Waals surface area contributed by atoms with Crippen LogP contribution in [0.4, 0.5) is 5.69 Å². The molecular weight excluding hydrogens is 394 g/mol. The first kappa shape index (κ1) is 21.1. The van der Waals surface area contributed by atoms with Crippen LogP contribution in [0.1, 0.15) is 49.9 Å². The van der Waals surface area contributed by atoms with E-state index in [1.807, 2.05) is 17.5 Å². The highest BCUT2D eigenvalue weighted by atomic mass is 32.1. The molecule has 2 N–H and O–H groups in total. The Balaban J connectivity index is 1.70. The summed E-state index contributed by atoms with van der Waals surface area (Å²) in [6.45, 7) is 7.31. The maximum absolute atomic E-state index is 12.5. The van der Waals surface area contributed by atoms with Crippen molar-refractivity contribution in [2.24, 2.45) is 0 Å². The number of hydrogen-bond donors (Lipinski definition) is 2. The minimum absolute atomic E-state index is 0.370. The molecule has 0 unspecified atom stereocenters. The van der Waals surface area contributed by atoms with Crippen LogP contribution in [0.2, 0.25) is 0 Å². The van der Waals surface area contributed by atoms with Crippen molar-refractivity contribution in [2.75, 3.05) is 5.32 Å². The lowest BCUT2D eigenvalue weighted by Gasteiger charge is -2.16. The number of carbonyl (C=O) groups excluding carboxylic acids is 1. The third-order valence-electron chi connectivity index (χ3n) is 4.17. The van der Waals surface area contributed by atoms with E-state index in [0.29, 0.717) is 11.6 Å². The molecule has 0 radical (unpaired) electrons. The molecule has 1 saturated heterocycles. The predicted molar refractivity (Wildman–Crippen MR) is 109 cm³/mol. The van der Waals surface area contributed by atoms with Gasteiger partial charge in [-0.25, -0.2) is 9.78 Å². The van der Waals surface area contributed by atoms with Gasteiger partial charge in [0.1, 0.15) is 5.01 Å². The maximum Gasteiger partial charge on any atom is 0.336 e. The van der Waals surface area contributed by atoms with Crippen LogP contribution in [0.3, 0.4) is 0 Å². The van der Waals surface area contributed by atoms with Gasteiger partial charge in [0.25, 0.3) is 5.91 Å². The van der Waals surface area contributed by atoms with Crippen molar-refractivity contribution in [3.63, 3.8) is 0 Å². The summed E-state index contributed by atoms with van der Waals surface area (Å²) in [5.41, 5.74) is 2.24. The molecule has 0 spiro atoms. The number of carboxylic acids is 1. The summed E-state index contributed by atoms with van der Waals surface area (Å²) in [5, 5.41) is 14.8. The number of thiazole rings is 1. The van der Waals surface area contributed by atoms with E-state index in [1.165, 1.54) is 6.20 Å². The second-order valence-electron chi connectivity index (χ2n) is 7.41. The van der Waals surface area contributed by atoms with E-state index in [1.54, 1.807) is 37.4 Å². The van der Waals surface area contributed by atoms with Gasteiger partial charge in [0, 0.05) is 11.6 Å². The average Bonchev–Trinajstić information content (AvgIpc) is 3.24. The molecule has 29 heavy (non-hydrogen) atoms. The lowest BCUT2D eigenvalue weighted by Crippen LogP contribution is -2.40. The molecule has 2 aromatic rings. The normalized spacial score (nSPS) is 21.0. The van der Waals surface area contributed by atoms with E-state index in [-0.39, 0.29) is 0 Å². The number of pyridine rings is 1. The number of amides is 1. The quantitative estimate of drug-likeness (QED) is 0.741. The van der Waals surface area contributed by atoms with Gasteiger partial charge in [-0.1, -0.05) is 19.9 Å². The minimum atomic E-state index is -1.37. The van der Waals surface area contributed by atoms with Crippen LogP contribution in [0.15, 0.2) is 23.8 Å². The monoisotopic (exact) mass is 417 g/mol. The molecule has 1 fully saturated rings. The Hall–Kier alpha value is -2.62. The maximum atomic E-state index is 12.5. The minimum Gasteiger partial charge on any atom is -0.479 e. The summed E-state index contributed by atoms with van der Waals surface area (Å²) in [5.74, 6) is -2.65. The molecule has 3 rings (SSSR count). The third kappa shape index (κ3) is 5.26. The predicted octanol–water partition coefficient (Wildman–Crippen LogP) is 3.38. The van der Waals surface area contributed by atoms with Gasteiger partial charge in [-0.05, 0) is 37.5 Å².